The number of rotatable bonds is 4. The van der Waals surface area contributed by atoms with Crippen LogP contribution in [0.3, 0.4) is 0 Å². The molecular weight excluding hydrogens is 288 g/mol. The number of hydrogen-bond acceptors (Lipinski definition) is 3. The summed E-state index contributed by atoms with van der Waals surface area (Å²) in [5.74, 6) is 0.856. The van der Waals surface area contributed by atoms with E-state index in [2.05, 4.69) is 42.0 Å². The molecule has 3 rings (SSSR count). The molecule has 2 N–H and O–H groups in total. The molecule has 0 unspecified atom stereocenters. The van der Waals surface area contributed by atoms with Gasteiger partial charge in [-0.2, -0.15) is 0 Å². The van der Waals surface area contributed by atoms with Crippen LogP contribution in [0, 0.1) is 5.41 Å². The quantitative estimate of drug-likeness (QED) is 0.906. The van der Waals surface area contributed by atoms with E-state index in [0.29, 0.717) is 6.61 Å². The van der Waals surface area contributed by atoms with E-state index in [1.165, 1.54) is 0 Å². The van der Waals surface area contributed by atoms with Crippen molar-refractivity contribution in [1.82, 2.24) is 10.9 Å². The smallest absolute Gasteiger partial charge is 0.249 e. The zero-order valence-electron chi connectivity index (χ0n) is 13.8. The molecule has 2 aromatic rings. The fraction of sp³-hybridized carbons (Fsp3) is 0.316. The Morgan fingerprint density at radius 3 is 2.70 bits per heavy atom. The van der Waals surface area contributed by atoms with Crippen LogP contribution >= 0.6 is 0 Å². The van der Waals surface area contributed by atoms with Crippen LogP contribution in [0.4, 0.5) is 0 Å². The highest BCUT2D eigenvalue weighted by Gasteiger charge is 2.37. The first-order valence-electron chi connectivity index (χ1n) is 7.96. The lowest BCUT2D eigenvalue weighted by molar-refractivity contribution is -0.125. The van der Waals surface area contributed by atoms with E-state index in [1.807, 2.05) is 32.1 Å². The minimum Gasteiger partial charge on any atom is -0.494 e. The number of hydrogen-bond donors (Lipinski definition) is 2. The van der Waals surface area contributed by atoms with Gasteiger partial charge in [0.15, 0.2) is 0 Å². The molecule has 0 atom stereocenters. The fourth-order valence-corrected chi connectivity index (χ4v) is 2.64. The molecule has 0 radical (unpaired) electrons. The average Bonchev–Trinajstić information content (AvgIpc) is 2.80. The number of nitrogens with one attached hydrogen (secondary N) is 2. The van der Waals surface area contributed by atoms with E-state index in [-0.39, 0.29) is 5.91 Å². The molecule has 4 heteroatoms. The van der Waals surface area contributed by atoms with E-state index in [9.17, 15) is 4.79 Å². The number of carbonyl (C=O) groups excluding carboxylic acids is 1. The maximum Gasteiger partial charge on any atom is 0.249 e. The van der Waals surface area contributed by atoms with Gasteiger partial charge in [0.05, 0.1) is 12.0 Å². The number of hydrazine groups is 1. The minimum atomic E-state index is -0.557. The van der Waals surface area contributed by atoms with Crippen molar-refractivity contribution < 1.29 is 9.53 Å². The van der Waals surface area contributed by atoms with Crippen LogP contribution in [-0.4, -0.2) is 12.5 Å². The molecule has 1 saturated heterocycles. The Morgan fingerprint density at radius 2 is 2.00 bits per heavy atom. The van der Waals surface area contributed by atoms with Gasteiger partial charge in [-0.3, -0.25) is 10.2 Å². The molecule has 0 spiro atoms. The van der Waals surface area contributed by atoms with Crippen molar-refractivity contribution in [2.75, 3.05) is 6.61 Å². The van der Waals surface area contributed by atoms with Crippen molar-refractivity contribution in [2.45, 2.75) is 27.2 Å². The van der Waals surface area contributed by atoms with Gasteiger partial charge in [0.25, 0.3) is 0 Å². The number of carbonyl (C=O) groups is 1. The molecule has 0 aromatic heterocycles. The fourth-order valence-electron chi connectivity index (χ4n) is 2.64. The third-order valence-electron chi connectivity index (χ3n) is 4.21. The van der Waals surface area contributed by atoms with Crippen molar-refractivity contribution >= 4 is 22.8 Å². The summed E-state index contributed by atoms with van der Waals surface area (Å²) in [4.78, 5) is 11.9. The Balaban J connectivity index is 2.05. The summed E-state index contributed by atoms with van der Waals surface area (Å²) in [7, 11) is 0. The highest BCUT2D eigenvalue weighted by Crippen LogP contribution is 2.32. The van der Waals surface area contributed by atoms with Crippen LogP contribution < -0.4 is 15.6 Å². The van der Waals surface area contributed by atoms with Crippen LogP contribution in [0.2, 0.25) is 0 Å². The first-order chi connectivity index (χ1) is 11.0. The maximum absolute atomic E-state index is 11.9. The summed E-state index contributed by atoms with van der Waals surface area (Å²) in [6.07, 6.45) is 3.01. The first-order valence-corrected chi connectivity index (χ1v) is 7.96. The topological polar surface area (TPSA) is 50.4 Å². The van der Waals surface area contributed by atoms with Crippen molar-refractivity contribution in [3.63, 3.8) is 0 Å². The summed E-state index contributed by atoms with van der Waals surface area (Å²) in [5.41, 5.74) is 7.05. The standard InChI is InChI=1S/C19H22N2O2/c1-4-10-23-15-9-8-13-6-5-7-14(16(13)12-15)11-17-19(2,3)18(22)21-20-17/h5-9,11-12,20H,4,10H2,1-3H3,(H,21,22)/b17-11-. The summed E-state index contributed by atoms with van der Waals surface area (Å²) in [5, 5.41) is 2.27. The molecule has 0 saturated carbocycles. The first kappa shape index (κ1) is 15.4. The van der Waals surface area contributed by atoms with Gasteiger partial charge >= 0.3 is 0 Å². The largest absolute Gasteiger partial charge is 0.494 e. The van der Waals surface area contributed by atoms with Crippen LogP contribution in [-0.2, 0) is 4.79 Å². The molecule has 1 heterocycles. The molecule has 1 aliphatic heterocycles. The summed E-state index contributed by atoms with van der Waals surface area (Å²) in [6, 6.07) is 12.3. The van der Waals surface area contributed by atoms with Crippen LogP contribution in [0.1, 0.15) is 32.8 Å². The molecular formula is C19H22N2O2. The lowest BCUT2D eigenvalue weighted by Gasteiger charge is -2.15. The summed E-state index contributed by atoms with van der Waals surface area (Å²) >= 11 is 0. The molecule has 1 amide bonds. The zero-order valence-corrected chi connectivity index (χ0v) is 13.8. The molecule has 4 nitrogen and oxygen atoms in total. The Labute approximate surface area is 136 Å². The number of fused-ring (bicyclic) bond motifs is 1. The molecule has 0 bridgehead atoms. The van der Waals surface area contributed by atoms with Crippen LogP contribution in [0.5, 0.6) is 5.75 Å². The van der Waals surface area contributed by atoms with Gasteiger partial charge in [-0.25, -0.2) is 0 Å². The summed E-state index contributed by atoms with van der Waals surface area (Å²) < 4.78 is 5.74. The molecule has 120 valence electrons. The predicted octanol–water partition coefficient (Wildman–Crippen LogP) is 3.63. The van der Waals surface area contributed by atoms with E-state index >= 15 is 0 Å². The van der Waals surface area contributed by atoms with Gasteiger partial charge in [-0.05, 0) is 54.8 Å². The van der Waals surface area contributed by atoms with Crippen LogP contribution in [0.25, 0.3) is 16.8 Å². The molecule has 1 aliphatic rings. The number of benzene rings is 2. The monoisotopic (exact) mass is 310 g/mol. The number of ether oxygens (including phenoxy) is 1. The van der Waals surface area contributed by atoms with E-state index in [1.54, 1.807) is 0 Å². The molecule has 1 fully saturated rings. The van der Waals surface area contributed by atoms with E-state index in [4.69, 9.17) is 4.74 Å². The predicted molar refractivity (Wildman–Crippen MR) is 92.8 cm³/mol. The van der Waals surface area contributed by atoms with Gasteiger partial charge in [-0.15, -0.1) is 0 Å². The highest BCUT2D eigenvalue weighted by molar-refractivity contribution is 5.94. The molecule has 23 heavy (non-hydrogen) atoms. The minimum absolute atomic E-state index is 0.0176. The van der Waals surface area contributed by atoms with E-state index < -0.39 is 5.41 Å². The average molecular weight is 310 g/mol. The normalized spacial score (nSPS) is 18.0. The third kappa shape index (κ3) is 2.89. The lowest BCUT2D eigenvalue weighted by atomic mass is 9.88. The van der Waals surface area contributed by atoms with Gasteiger partial charge in [0, 0.05) is 5.70 Å². The van der Waals surface area contributed by atoms with E-state index in [0.717, 1.165) is 34.2 Å². The number of amides is 1. The maximum atomic E-state index is 11.9. The zero-order chi connectivity index (χ0) is 16.4. The Hall–Kier alpha value is -2.49. The summed E-state index contributed by atoms with van der Waals surface area (Å²) in [6.45, 7) is 6.63. The van der Waals surface area contributed by atoms with Crippen molar-refractivity contribution in [2.24, 2.45) is 5.41 Å². The Bertz CT molecular complexity index is 778. The van der Waals surface area contributed by atoms with Crippen molar-refractivity contribution in [1.29, 1.82) is 0 Å². The molecule has 0 aliphatic carbocycles. The molecule has 2 aromatic carbocycles. The SMILES string of the molecule is CCCOc1ccc2cccc(/C=C3\NNC(=O)C3(C)C)c2c1. The van der Waals surface area contributed by atoms with Crippen molar-refractivity contribution in [3.05, 3.63) is 47.7 Å². The van der Waals surface area contributed by atoms with Crippen molar-refractivity contribution in [3.8, 4) is 5.75 Å². The van der Waals surface area contributed by atoms with Crippen LogP contribution in [0.15, 0.2) is 42.1 Å². The lowest BCUT2D eigenvalue weighted by Crippen LogP contribution is -2.28. The van der Waals surface area contributed by atoms with Gasteiger partial charge < -0.3 is 10.2 Å². The van der Waals surface area contributed by atoms with Gasteiger partial charge in [-0.1, -0.05) is 31.2 Å². The van der Waals surface area contributed by atoms with Gasteiger partial charge in [0.1, 0.15) is 5.75 Å². The second-order valence-electron chi connectivity index (χ2n) is 6.34. The van der Waals surface area contributed by atoms with Gasteiger partial charge in [0.2, 0.25) is 5.91 Å². The Morgan fingerprint density at radius 1 is 1.17 bits per heavy atom. The second-order valence-corrected chi connectivity index (χ2v) is 6.34. The Kier molecular flexibility index (Phi) is 3.99. The third-order valence-corrected chi connectivity index (χ3v) is 4.21. The second kappa shape index (κ2) is 5.95. The highest BCUT2D eigenvalue weighted by atomic mass is 16.5.